The van der Waals surface area contributed by atoms with Crippen molar-refractivity contribution in [3.8, 4) is 0 Å². The molecule has 2 fully saturated rings. The molecule has 2 heterocycles. The summed E-state index contributed by atoms with van der Waals surface area (Å²) in [6, 6.07) is 8.46. The molecule has 2 aliphatic heterocycles. The van der Waals surface area contributed by atoms with Gasteiger partial charge in [0.05, 0.1) is 12.1 Å². The minimum atomic E-state index is -1.45. The molecule has 1 aromatic carbocycles. The Morgan fingerprint density at radius 3 is 2.46 bits per heavy atom. The topological polar surface area (TPSA) is 93.2 Å². The van der Waals surface area contributed by atoms with Crippen molar-refractivity contribution in [3.05, 3.63) is 35.9 Å². The fourth-order valence-corrected chi connectivity index (χ4v) is 3.83. The van der Waals surface area contributed by atoms with E-state index in [1.807, 2.05) is 30.3 Å². The van der Waals surface area contributed by atoms with Crippen molar-refractivity contribution in [2.75, 3.05) is 6.54 Å². The van der Waals surface area contributed by atoms with Gasteiger partial charge in [-0.2, -0.15) is 0 Å². The number of amides is 3. The lowest BCUT2D eigenvalue weighted by Gasteiger charge is -2.30. The summed E-state index contributed by atoms with van der Waals surface area (Å²) < 4.78 is 10.5. The Morgan fingerprint density at radius 1 is 1.14 bits per heavy atom. The lowest BCUT2D eigenvalue weighted by atomic mass is 10.1. The molecule has 28 heavy (non-hydrogen) atoms. The summed E-state index contributed by atoms with van der Waals surface area (Å²) >= 11 is 0. The van der Waals surface area contributed by atoms with E-state index in [2.05, 4.69) is 0 Å². The van der Waals surface area contributed by atoms with Crippen molar-refractivity contribution < 1.29 is 28.7 Å². The highest BCUT2D eigenvalue weighted by atomic mass is 16.6. The molecule has 0 N–H and O–H groups in total. The van der Waals surface area contributed by atoms with Crippen LogP contribution in [-0.2, 0) is 30.5 Å². The zero-order valence-electron chi connectivity index (χ0n) is 16.2. The predicted molar refractivity (Wildman–Crippen MR) is 97.8 cm³/mol. The van der Waals surface area contributed by atoms with Gasteiger partial charge in [-0.3, -0.25) is 19.3 Å². The number of rotatable bonds is 4. The summed E-state index contributed by atoms with van der Waals surface area (Å²) in [5, 5.41) is 0. The van der Waals surface area contributed by atoms with Gasteiger partial charge in [-0.1, -0.05) is 30.3 Å². The van der Waals surface area contributed by atoms with Crippen LogP contribution >= 0.6 is 0 Å². The molecule has 0 bridgehead atoms. The van der Waals surface area contributed by atoms with Crippen LogP contribution in [0.2, 0.25) is 0 Å². The molecule has 0 aliphatic carbocycles. The Hall–Kier alpha value is -2.90. The molecule has 0 saturated carbocycles. The number of likely N-dealkylation sites (tertiary alicyclic amines) is 2. The molecule has 0 radical (unpaired) electrons. The number of carbonyl (C=O) groups is 4. The minimum absolute atomic E-state index is 0.0486. The van der Waals surface area contributed by atoms with Crippen molar-refractivity contribution in [1.29, 1.82) is 0 Å². The van der Waals surface area contributed by atoms with Crippen LogP contribution in [0, 0.1) is 0 Å². The van der Waals surface area contributed by atoms with Crippen LogP contribution in [0.1, 0.15) is 39.2 Å². The first-order valence-corrected chi connectivity index (χ1v) is 9.24. The second-order valence-corrected chi connectivity index (χ2v) is 7.53. The van der Waals surface area contributed by atoms with E-state index < -0.39 is 35.7 Å². The zero-order valence-corrected chi connectivity index (χ0v) is 16.2. The number of hydrogen-bond acceptors (Lipinski definition) is 6. The molecular weight excluding hydrogens is 364 g/mol. The van der Waals surface area contributed by atoms with E-state index in [1.165, 1.54) is 25.7 Å². The molecule has 3 amide bonds. The normalized spacial score (nSPS) is 21.5. The third-order valence-corrected chi connectivity index (χ3v) is 5.07. The molecule has 2 aliphatic rings. The highest BCUT2D eigenvalue weighted by Crippen LogP contribution is 2.35. The number of hydrogen-bond donors (Lipinski definition) is 0. The Balaban J connectivity index is 1.67. The van der Waals surface area contributed by atoms with E-state index in [1.54, 1.807) is 0 Å². The van der Waals surface area contributed by atoms with Gasteiger partial charge >= 0.3 is 12.1 Å². The summed E-state index contributed by atoms with van der Waals surface area (Å²) in [5.41, 5.74) is -0.577. The minimum Gasteiger partial charge on any atom is -0.450 e. The van der Waals surface area contributed by atoms with E-state index in [4.69, 9.17) is 9.47 Å². The maximum absolute atomic E-state index is 12.8. The lowest BCUT2D eigenvalue weighted by molar-refractivity contribution is -0.171. The van der Waals surface area contributed by atoms with Gasteiger partial charge in [0.1, 0.15) is 6.61 Å². The molecule has 1 aromatic rings. The molecule has 2 saturated heterocycles. The van der Waals surface area contributed by atoms with E-state index in [-0.39, 0.29) is 18.9 Å². The second-order valence-electron chi connectivity index (χ2n) is 7.53. The fourth-order valence-electron chi connectivity index (χ4n) is 3.83. The van der Waals surface area contributed by atoms with Crippen LogP contribution in [0.5, 0.6) is 0 Å². The van der Waals surface area contributed by atoms with Crippen LogP contribution in [0.25, 0.3) is 0 Å². The summed E-state index contributed by atoms with van der Waals surface area (Å²) in [5.74, 6) is -1.54. The van der Waals surface area contributed by atoms with Gasteiger partial charge in [0.2, 0.25) is 5.91 Å². The Kier molecular flexibility index (Phi) is 5.40. The molecule has 3 rings (SSSR count). The Labute approximate surface area is 163 Å². The van der Waals surface area contributed by atoms with Gasteiger partial charge in [0, 0.05) is 19.9 Å². The van der Waals surface area contributed by atoms with Crippen LogP contribution in [0.15, 0.2) is 30.3 Å². The van der Waals surface area contributed by atoms with Gasteiger partial charge in [-0.25, -0.2) is 4.79 Å². The number of esters is 1. The van der Waals surface area contributed by atoms with Crippen molar-refractivity contribution >= 4 is 23.9 Å². The zero-order chi connectivity index (χ0) is 20.5. The quantitative estimate of drug-likeness (QED) is 0.731. The molecule has 0 unspecified atom stereocenters. The molecule has 0 spiro atoms. The van der Waals surface area contributed by atoms with E-state index in [0.29, 0.717) is 13.0 Å². The third kappa shape index (κ3) is 3.85. The number of nitrogens with zero attached hydrogens (tertiary/aromatic N) is 2. The van der Waals surface area contributed by atoms with Gasteiger partial charge in [-0.05, 0) is 25.8 Å². The van der Waals surface area contributed by atoms with Gasteiger partial charge in [0.15, 0.2) is 5.60 Å². The van der Waals surface area contributed by atoms with Crippen LogP contribution in [0.3, 0.4) is 0 Å². The largest absolute Gasteiger partial charge is 0.450 e. The van der Waals surface area contributed by atoms with E-state index in [9.17, 15) is 19.2 Å². The smallest absolute Gasteiger partial charge is 0.410 e. The standard InChI is InChI=1S/C20H24N2O6/c1-13(23)28-20(2,3)18(25)22-15-9-10-21(16(15)11-17(22)24)19(26)27-12-14-7-5-4-6-8-14/h4-8,15-16H,9-12H2,1-3H3/t15-,16+/m0/s1. The van der Waals surface area contributed by atoms with Crippen LogP contribution < -0.4 is 0 Å². The third-order valence-electron chi connectivity index (χ3n) is 5.07. The summed E-state index contributed by atoms with van der Waals surface area (Å²) in [4.78, 5) is 51.8. The van der Waals surface area contributed by atoms with Crippen molar-refractivity contribution in [2.24, 2.45) is 0 Å². The molecule has 0 aromatic heterocycles. The first kappa shape index (κ1) is 19.9. The number of imide groups is 1. The summed E-state index contributed by atoms with van der Waals surface area (Å²) in [7, 11) is 0. The van der Waals surface area contributed by atoms with Crippen molar-refractivity contribution in [2.45, 2.75) is 57.9 Å². The second kappa shape index (κ2) is 7.61. The maximum Gasteiger partial charge on any atom is 0.410 e. The average Bonchev–Trinajstić information content (AvgIpc) is 3.16. The van der Waals surface area contributed by atoms with Crippen molar-refractivity contribution in [1.82, 2.24) is 9.80 Å². The lowest BCUT2D eigenvalue weighted by Crippen LogP contribution is -2.52. The molecule has 2 atom stereocenters. The first-order chi connectivity index (χ1) is 13.2. The van der Waals surface area contributed by atoms with Crippen LogP contribution in [-0.4, -0.2) is 57.9 Å². The number of ether oxygens (including phenoxy) is 2. The van der Waals surface area contributed by atoms with Crippen molar-refractivity contribution in [3.63, 3.8) is 0 Å². The molecule has 8 nitrogen and oxygen atoms in total. The Morgan fingerprint density at radius 2 is 1.82 bits per heavy atom. The predicted octanol–water partition coefficient (Wildman–Crippen LogP) is 1.87. The SMILES string of the molecule is CC(=O)OC(C)(C)C(=O)N1C(=O)C[C@@H]2[C@@H]1CCN2C(=O)OCc1ccccc1. The number of benzene rings is 1. The first-order valence-electron chi connectivity index (χ1n) is 9.24. The van der Waals surface area contributed by atoms with E-state index >= 15 is 0 Å². The van der Waals surface area contributed by atoms with Gasteiger partial charge in [0.25, 0.3) is 5.91 Å². The fraction of sp³-hybridized carbons (Fsp3) is 0.500. The Bertz CT molecular complexity index is 791. The monoisotopic (exact) mass is 388 g/mol. The van der Waals surface area contributed by atoms with Gasteiger partial charge < -0.3 is 14.4 Å². The summed E-state index contributed by atoms with van der Waals surface area (Å²) in [6.07, 6.45) is 0.0174. The van der Waals surface area contributed by atoms with E-state index in [0.717, 1.165) is 10.5 Å². The number of fused-ring (bicyclic) bond motifs is 1. The summed E-state index contributed by atoms with van der Waals surface area (Å²) in [6.45, 7) is 4.66. The molecular formula is C20H24N2O6. The molecule has 150 valence electrons. The highest BCUT2D eigenvalue weighted by Gasteiger charge is 2.54. The molecule has 8 heteroatoms. The number of carbonyl (C=O) groups excluding carboxylic acids is 4. The van der Waals surface area contributed by atoms with Crippen LogP contribution in [0.4, 0.5) is 4.79 Å². The van der Waals surface area contributed by atoms with Gasteiger partial charge in [-0.15, -0.1) is 0 Å². The highest BCUT2D eigenvalue weighted by molar-refractivity contribution is 6.02. The average molecular weight is 388 g/mol. The maximum atomic E-state index is 12.8.